The van der Waals surface area contributed by atoms with E-state index in [9.17, 15) is 14.7 Å². The number of rotatable bonds is 6. The summed E-state index contributed by atoms with van der Waals surface area (Å²) in [6, 6.07) is 8.80. The predicted molar refractivity (Wildman–Crippen MR) is 112 cm³/mol. The molecule has 7 heteroatoms. The van der Waals surface area contributed by atoms with E-state index in [0.717, 1.165) is 12.1 Å². The highest BCUT2D eigenvalue weighted by Gasteiger charge is 2.29. The monoisotopic (exact) mass is 394 g/mol. The van der Waals surface area contributed by atoms with Crippen molar-refractivity contribution in [1.82, 2.24) is 14.8 Å². The van der Waals surface area contributed by atoms with E-state index in [-0.39, 0.29) is 11.9 Å². The predicted octanol–water partition coefficient (Wildman–Crippen LogP) is 4.33. The van der Waals surface area contributed by atoms with Gasteiger partial charge in [-0.2, -0.15) is 5.10 Å². The van der Waals surface area contributed by atoms with Crippen molar-refractivity contribution in [2.45, 2.75) is 52.5 Å². The topological polar surface area (TPSA) is 97.1 Å². The minimum Gasteiger partial charge on any atom is -0.481 e. The first-order valence-corrected chi connectivity index (χ1v) is 9.65. The second-order valence-electron chi connectivity index (χ2n) is 7.86. The van der Waals surface area contributed by atoms with Crippen molar-refractivity contribution in [3.63, 3.8) is 0 Å². The fourth-order valence-corrected chi connectivity index (χ4v) is 3.12. The first-order chi connectivity index (χ1) is 13.6. The number of hydrogen-bond donors (Lipinski definition) is 2. The molecular formula is C22H26N4O3. The molecule has 0 aliphatic carbocycles. The number of carbonyl (C=O) groups excluding carboxylic acids is 1. The Hall–Kier alpha value is -3.22. The van der Waals surface area contributed by atoms with Crippen LogP contribution in [-0.4, -0.2) is 31.7 Å². The molecule has 0 fully saturated rings. The lowest BCUT2D eigenvalue weighted by Crippen LogP contribution is -2.28. The van der Waals surface area contributed by atoms with E-state index in [0.29, 0.717) is 27.8 Å². The molecule has 3 rings (SSSR count). The Morgan fingerprint density at radius 3 is 2.48 bits per heavy atom. The molecule has 2 heterocycles. The maximum absolute atomic E-state index is 12.9. The third-order valence-corrected chi connectivity index (χ3v) is 5.35. The first-order valence-electron chi connectivity index (χ1n) is 9.65. The Morgan fingerprint density at radius 2 is 1.90 bits per heavy atom. The van der Waals surface area contributed by atoms with Crippen molar-refractivity contribution in [1.29, 1.82) is 0 Å². The average molecular weight is 394 g/mol. The van der Waals surface area contributed by atoms with Gasteiger partial charge in [0.2, 0.25) is 0 Å². The first kappa shape index (κ1) is 20.5. The number of hydrogen-bond acceptors (Lipinski definition) is 4. The molecule has 152 valence electrons. The van der Waals surface area contributed by atoms with E-state index in [1.807, 2.05) is 11.6 Å². The Labute approximate surface area is 169 Å². The van der Waals surface area contributed by atoms with Gasteiger partial charge in [0, 0.05) is 11.4 Å². The van der Waals surface area contributed by atoms with E-state index in [1.165, 1.54) is 0 Å². The van der Waals surface area contributed by atoms with Crippen LogP contribution >= 0.6 is 0 Å². The summed E-state index contributed by atoms with van der Waals surface area (Å²) in [6.45, 7) is 9.29. The van der Waals surface area contributed by atoms with Crippen molar-refractivity contribution in [3.8, 4) is 0 Å². The quantitative estimate of drug-likeness (QED) is 0.649. The van der Waals surface area contributed by atoms with Crippen LogP contribution in [-0.2, 0) is 10.2 Å². The van der Waals surface area contributed by atoms with Gasteiger partial charge >= 0.3 is 5.97 Å². The Bertz CT molecular complexity index is 1070. The normalized spacial score (nSPS) is 12.7. The van der Waals surface area contributed by atoms with Crippen molar-refractivity contribution in [2.24, 2.45) is 0 Å². The Kier molecular flexibility index (Phi) is 5.42. The number of anilines is 1. The molecule has 0 saturated heterocycles. The molecule has 0 aliphatic heterocycles. The molecule has 0 saturated carbocycles. The van der Waals surface area contributed by atoms with Crippen LogP contribution in [0.15, 0.2) is 36.5 Å². The van der Waals surface area contributed by atoms with Crippen LogP contribution < -0.4 is 5.32 Å². The summed E-state index contributed by atoms with van der Waals surface area (Å²) in [4.78, 5) is 28.9. The van der Waals surface area contributed by atoms with Gasteiger partial charge in [-0.3, -0.25) is 9.59 Å². The van der Waals surface area contributed by atoms with Crippen LogP contribution in [0.4, 0.5) is 5.69 Å². The molecular weight excluding hydrogens is 368 g/mol. The number of carbonyl (C=O) groups is 2. The lowest BCUT2D eigenvalue weighted by Gasteiger charge is -2.20. The molecule has 1 unspecified atom stereocenters. The second-order valence-corrected chi connectivity index (χ2v) is 7.86. The Morgan fingerprint density at radius 1 is 1.24 bits per heavy atom. The number of nitrogens with one attached hydrogen (secondary N) is 1. The number of amides is 1. The summed E-state index contributed by atoms with van der Waals surface area (Å²) in [5, 5.41) is 17.4. The number of aryl methyl sites for hydroxylation is 1. The number of carboxylic acids is 1. The number of carboxylic acid groups (broad SMARTS) is 1. The molecule has 29 heavy (non-hydrogen) atoms. The number of nitrogens with zero attached hydrogens (tertiary/aromatic N) is 3. The molecule has 0 spiro atoms. The molecule has 0 aliphatic rings. The highest BCUT2D eigenvalue weighted by Crippen LogP contribution is 2.26. The van der Waals surface area contributed by atoms with Gasteiger partial charge in [-0.1, -0.05) is 19.1 Å². The fourth-order valence-electron chi connectivity index (χ4n) is 3.12. The Balaban J connectivity index is 1.91. The minimum atomic E-state index is -0.999. The average Bonchev–Trinajstić information content (AvgIpc) is 3.10. The van der Waals surface area contributed by atoms with E-state index in [1.54, 1.807) is 50.4 Å². The van der Waals surface area contributed by atoms with E-state index in [2.05, 4.69) is 29.2 Å². The van der Waals surface area contributed by atoms with Crippen LogP contribution in [0, 0.1) is 6.92 Å². The second kappa shape index (κ2) is 7.66. The highest BCUT2D eigenvalue weighted by molar-refractivity contribution is 6.12. The number of benzene rings is 1. The van der Waals surface area contributed by atoms with Crippen LogP contribution in [0.3, 0.4) is 0 Å². The van der Waals surface area contributed by atoms with Gasteiger partial charge in [-0.05, 0) is 57.9 Å². The number of aliphatic carboxylic acids is 1. The van der Waals surface area contributed by atoms with Crippen molar-refractivity contribution in [3.05, 3.63) is 53.3 Å². The molecule has 1 aromatic carbocycles. The van der Waals surface area contributed by atoms with Gasteiger partial charge in [-0.15, -0.1) is 0 Å². The summed E-state index contributed by atoms with van der Waals surface area (Å²) >= 11 is 0. The molecule has 1 atom stereocenters. The van der Waals surface area contributed by atoms with E-state index >= 15 is 0 Å². The molecule has 1 amide bonds. The number of fused-ring (bicyclic) bond motifs is 1. The van der Waals surface area contributed by atoms with Gasteiger partial charge in [0.25, 0.3) is 5.91 Å². The summed E-state index contributed by atoms with van der Waals surface area (Å²) in [5.74, 6) is -1.16. The zero-order valence-electron chi connectivity index (χ0n) is 17.4. The number of aromatic nitrogens is 3. The zero-order valence-corrected chi connectivity index (χ0v) is 17.4. The summed E-state index contributed by atoms with van der Waals surface area (Å²) in [5.41, 5.74) is 2.21. The third kappa shape index (κ3) is 3.85. The molecule has 0 bridgehead atoms. The van der Waals surface area contributed by atoms with Crippen LogP contribution in [0.25, 0.3) is 11.0 Å². The molecule has 2 N–H and O–H groups in total. The smallest absolute Gasteiger partial charge is 0.313 e. The van der Waals surface area contributed by atoms with Crippen molar-refractivity contribution < 1.29 is 14.7 Å². The van der Waals surface area contributed by atoms with Gasteiger partial charge < -0.3 is 10.4 Å². The largest absolute Gasteiger partial charge is 0.481 e. The maximum Gasteiger partial charge on any atom is 0.313 e. The van der Waals surface area contributed by atoms with E-state index < -0.39 is 11.4 Å². The number of pyridine rings is 1. The molecule has 7 nitrogen and oxygen atoms in total. The lowest BCUT2D eigenvalue weighted by molar-refractivity contribution is -0.142. The van der Waals surface area contributed by atoms with Gasteiger partial charge in [-0.25, -0.2) is 9.67 Å². The molecule has 0 radical (unpaired) electrons. The molecule has 3 aromatic rings. The van der Waals surface area contributed by atoms with Gasteiger partial charge in [0.05, 0.1) is 28.6 Å². The van der Waals surface area contributed by atoms with Crippen LogP contribution in [0.5, 0.6) is 0 Å². The van der Waals surface area contributed by atoms with Crippen LogP contribution in [0.2, 0.25) is 0 Å². The summed E-state index contributed by atoms with van der Waals surface area (Å²) < 4.78 is 1.85. The maximum atomic E-state index is 12.9. The minimum absolute atomic E-state index is 0.183. The SMILES string of the molecule is CCC(C)n1ncc2c(C(=O)Nc3ccc(C(C)(C)C(=O)O)cc3)cc(C)nc21. The van der Waals surface area contributed by atoms with Gasteiger partial charge in [0.15, 0.2) is 5.65 Å². The van der Waals surface area contributed by atoms with Crippen molar-refractivity contribution in [2.75, 3.05) is 5.32 Å². The van der Waals surface area contributed by atoms with Crippen LogP contribution in [0.1, 0.15) is 61.8 Å². The summed E-state index contributed by atoms with van der Waals surface area (Å²) in [6.07, 6.45) is 2.59. The standard InChI is InChI=1S/C22H26N4O3/c1-6-14(3)26-19-18(12-23-26)17(11-13(2)24-19)20(27)25-16-9-7-15(8-10-16)22(4,5)21(28)29/h7-12,14H,6H2,1-5H3,(H,25,27)(H,28,29). The van der Waals surface area contributed by atoms with Crippen molar-refractivity contribution >= 4 is 28.6 Å². The van der Waals surface area contributed by atoms with E-state index in [4.69, 9.17) is 0 Å². The zero-order chi connectivity index (χ0) is 21.3. The third-order valence-electron chi connectivity index (χ3n) is 5.35. The highest BCUT2D eigenvalue weighted by atomic mass is 16.4. The molecule has 2 aromatic heterocycles. The fraction of sp³-hybridized carbons (Fsp3) is 0.364. The summed E-state index contributed by atoms with van der Waals surface area (Å²) in [7, 11) is 0. The van der Waals surface area contributed by atoms with Gasteiger partial charge in [0.1, 0.15) is 0 Å². The lowest BCUT2D eigenvalue weighted by atomic mass is 9.85.